The summed E-state index contributed by atoms with van der Waals surface area (Å²) in [6, 6.07) is 1.97. The van der Waals surface area contributed by atoms with Crippen molar-refractivity contribution in [3.05, 3.63) is 29.1 Å². The molecule has 0 aromatic heterocycles. The molecule has 4 heteroatoms. The molecule has 1 atom stereocenters. The molecular formula is C9H13FN2O. The molecule has 72 valence electrons. The Balaban J connectivity index is 3.25. The van der Waals surface area contributed by atoms with E-state index in [1.807, 2.05) is 0 Å². The minimum absolute atomic E-state index is 0.00292. The molecule has 1 rings (SSSR count). The van der Waals surface area contributed by atoms with Gasteiger partial charge in [-0.15, -0.1) is 0 Å². The number of phenolic OH excluding ortho intramolecular Hbond substituents is 1. The second-order valence-corrected chi connectivity index (χ2v) is 2.95. The number of hydrogen-bond donors (Lipinski definition) is 3. The lowest BCUT2D eigenvalue weighted by molar-refractivity contribution is 0.457. The minimum Gasteiger partial charge on any atom is -0.508 e. The van der Waals surface area contributed by atoms with Gasteiger partial charge in [-0.1, -0.05) is 0 Å². The molecule has 1 aromatic carbocycles. The van der Waals surface area contributed by atoms with Gasteiger partial charge in [-0.3, -0.25) is 0 Å². The van der Waals surface area contributed by atoms with E-state index in [9.17, 15) is 9.50 Å². The molecule has 0 saturated carbocycles. The van der Waals surface area contributed by atoms with Gasteiger partial charge in [0.2, 0.25) is 0 Å². The third kappa shape index (κ3) is 1.79. The zero-order valence-electron chi connectivity index (χ0n) is 7.42. The van der Waals surface area contributed by atoms with Crippen molar-refractivity contribution < 1.29 is 9.50 Å². The summed E-state index contributed by atoms with van der Waals surface area (Å²) in [4.78, 5) is 0. The van der Waals surface area contributed by atoms with Crippen LogP contribution in [0.1, 0.15) is 17.2 Å². The molecule has 13 heavy (non-hydrogen) atoms. The van der Waals surface area contributed by atoms with Gasteiger partial charge in [0.15, 0.2) is 0 Å². The zero-order valence-corrected chi connectivity index (χ0v) is 7.42. The number of hydrogen-bond acceptors (Lipinski definition) is 3. The van der Waals surface area contributed by atoms with E-state index >= 15 is 0 Å². The van der Waals surface area contributed by atoms with Gasteiger partial charge in [-0.25, -0.2) is 4.39 Å². The standard InChI is InChI=1S/C9H13FN2O/c1-5-6(10)2-3-8(13)9(5)7(12)4-11/h2-3,7,13H,4,11-12H2,1H3/t7-/m1/s1. The largest absolute Gasteiger partial charge is 0.508 e. The highest BCUT2D eigenvalue weighted by molar-refractivity contribution is 5.41. The molecule has 0 bridgehead atoms. The molecule has 0 spiro atoms. The fourth-order valence-electron chi connectivity index (χ4n) is 1.27. The smallest absolute Gasteiger partial charge is 0.126 e. The van der Waals surface area contributed by atoms with E-state index in [2.05, 4.69) is 0 Å². The molecule has 0 fully saturated rings. The van der Waals surface area contributed by atoms with Crippen molar-refractivity contribution in [2.24, 2.45) is 11.5 Å². The average Bonchev–Trinajstić information content (AvgIpc) is 2.12. The SMILES string of the molecule is Cc1c(F)ccc(O)c1[C@H](N)CN. The number of phenols is 1. The first-order valence-corrected chi connectivity index (χ1v) is 4.01. The Morgan fingerprint density at radius 2 is 2.15 bits per heavy atom. The first kappa shape index (κ1) is 9.95. The van der Waals surface area contributed by atoms with E-state index in [0.717, 1.165) is 0 Å². The lowest BCUT2D eigenvalue weighted by Crippen LogP contribution is -2.22. The molecular weight excluding hydrogens is 171 g/mol. The van der Waals surface area contributed by atoms with E-state index in [0.29, 0.717) is 11.1 Å². The van der Waals surface area contributed by atoms with Gasteiger partial charge in [-0.2, -0.15) is 0 Å². The molecule has 0 saturated heterocycles. The monoisotopic (exact) mass is 184 g/mol. The van der Waals surface area contributed by atoms with Gasteiger partial charge in [-0.05, 0) is 24.6 Å². The quantitative estimate of drug-likeness (QED) is 0.636. The van der Waals surface area contributed by atoms with Gasteiger partial charge in [0.05, 0.1) is 0 Å². The second-order valence-electron chi connectivity index (χ2n) is 2.95. The first-order valence-electron chi connectivity index (χ1n) is 4.01. The van der Waals surface area contributed by atoms with E-state index in [4.69, 9.17) is 11.5 Å². The van der Waals surface area contributed by atoms with Crippen molar-refractivity contribution in [1.82, 2.24) is 0 Å². The molecule has 0 aliphatic rings. The van der Waals surface area contributed by atoms with Crippen LogP contribution in [-0.2, 0) is 0 Å². The third-order valence-corrected chi connectivity index (χ3v) is 2.05. The molecule has 5 N–H and O–H groups in total. The number of benzene rings is 1. The predicted molar refractivity (Wildman–Crippen MR) is 48.8 cm³/mol. The average molecular weight is 184 g/mol. The minimum atomic E-state index is -0.518. The summed E-state index contributed by atoms with van der Waals surface area (Å²) in [7, 11) is 0. The van der Waals surface area contributed by atoms with Gasteiger partial charge in [0.1, 0.15) is 11.6 Å². The Bertz CT molecular complexity index is 315. The summed E-state index contributed by atoms with van der Waals surface area (Å²) < 4.78 is 13.0. The lowest BCUT2D eigenvalue weighted by Gasteiger charge is -2.14. The highest BCUT2D eigenvalue weighted by Crippen LogP contribution is 2.27. The second kappa shape index (κ2) is 3.72. The van der Waals surface area contributed by atoms with Crippen LogP contribution >= 0.6 is 0 Å². The molecule has 0 amide bonds. The van der Waals surface area contributed by atoms with E-state index in [1.165, 1.54) is 12.1 Å². The topological polar surface area (TPSA) is 72.3 Å². The van der Waals surface area contributed by atoms with Crippen molar-refractivity contribution in [1.29, 1.82) is 0 Å². The van der Waals surface area contributed by atoms with Crippen LogP contribution < -0.4 is 11.5 Å². The van der Waals surface area contributed by atoms with E-state index < -0.39 is 6.04 Å². The van der Waals surface area contributed by atoms with Gasteiger partial charge in [0.25, 0.3) is 0 Å². The van der Waals surface area contributed by atoms with Gasteiger partial charge >= 0.3 is 0 Å². The van der Waals surface area contributed by atoms with Crippen LogP contribution in [0.4, 0.5) is 4.39 Å². The van der Waals surface area contributed by atoms with Crippen molar-refractivity contribution in [2.75, 3.05) is 6.54 Å². The summed E-state index contributed by atoms with van der Waals surface area (Å²) >= 11 is 0. The summed E-state index contributed by atoms with van der Waals surface area (Å²) in [6.07, 6.45) is 0. The van der Waals surface area contributed by atoms with E-state index in [1.54, 1.807) is 6.92 Å². The fourth-order valence-corrected chi connectivity index (χ4v) is 1.27. The molecule has 3 nitrogen and oxygen atoms in total. The maximum absolute atomic E-state index is 13.0. The van der Waals surface area contributed by atoms with Crippen LogP contribution in [0.2, 0.25) is 0 Å². The fraction of sp³-hybridized carbons (Fsp3) is 0.333. The molecule has 1 aromatic rings. The number of halogens is 1. The van der Waals surface area contributed by atoms with Crippen LogP contribution in [0.15, 0.2) is 12.1 Å². The Morgan fingerprint density at radius 3 is 2.69 bits per heavy atom. The van der Waals surface area contributed by atoms with Crippen molar-refractivity contribution in [3.63, 3.8) is 0 Å². The predicted octanol–water partition coefficient (Wildman–Crippen LogP) is 0.798. The number of rotatable bonds is 2. The Morgan fingerprint density at radius 1 is 1.54 bits per heavy atom. The molecule has 0 unspecified atom stereocenters. The first-order chi connectivity index (χ1) is 6.07. The van der Waals surface area contributed by atoms with Crippen LogP contribution in [0, 0.1) is 12.7 Å². The van der Waals surface area contributed by atoms with Crippen LogP contribution in [0.3, 0.4) is 0 Å². The van der Waals surface area contributed by atoms with Gasteiger partial charge in [0, 0.05) is 18.2 Å². The molecule has 0 radical (unpaired) electrons. The zero-order chi connectivity index (χ0) is 10.0. The summed E-state index contributed by atoms with van der Waals surface area (Å²) in [5.74, 6) is -0.381. The van der Waals surface area contributed by atoms with Crippen molar-refractivity contribution >= 4 is 0 Å². The maximum Gasteiger partial charge on any atom is 0.126 e. The van der Waals surface area contributed by atoms with Crippen molar-refractivity contribution in [2.45, 2.75) is 13.0 Å². The van der Waals surface area contributed by atoms with Gasteiger partial charge < -0.3 is 16.6 Å². The maximum atomic E-state index is 13.0. The lowest BCUT2D eigenvalue weighted by atomic mass is 10.0. The van der Waals surface area contributed by atoms with Crippen molar-refractivity contribution in [3.8, 4) is 5.75 Å². The van der Waals surface area contributed by atoms with Crippen LogP contribution in [0.25, 0.3) is 0 Å². The Hall–Kier alpha value is -1.13. The molecule has 0 aliphatic heterocycles. The highest BCUT2D eigenvalue weighted by atomic mass is 19.1. The third-order valence-electron chi connectivity index (χ3n) is 2.05. The highest BCUT2D eigenvalue weighted by Gasteiger charge is 2.14. The molecule has 0 aliphatic carbocycles. The Labute approximate surface area is 76.2 Å². The normalized spacial score (nSPS) is 12.9. The number of aromatic hydroxyl groups is 1. The number of nitrogens with two attached hydrogens (primary N) is 2. The molecule has 0 heterocycles. The van der Waals surface area contributed by atoms with Crippen LogP contribution in [-0.4, -0.2) is 11.7 Å². The summed E-state index contributed by atoms with van der Waals surface area (Å²) in [5.41, 5.74) is 11.7. The van der Waals surface area contributed by atoms with E-state index in [-0.39, 0.29) is 18.1 Å². The summed E-state index contributed by atoms with van der Waals surface area (Å²) in [5, 5.41) is 9.42. The summed E-state index contributed by atoms with van der Waals surface area (Å²) in [6.45, 7) is 1.75. The Kier molecular flexibility index (Phi) is 2.85. The van der Waals surface area contributed by atoms with Crippen LogP contribution in [0.5, 0.6) is 5.75 Å².